The van der Waals surface area contributed by atoms with Crippen LogP contribution in [-0.4, -0.2) is 35.9 Å². The maximum Gasteiger partial charge on any atom is 0.113 e. The van der Waals surface area contributed by atoms with Crippen molar-refractivity contribution in [2.24, 2.45) is 0 Å². The van der Waals surface area contributed by atoms with Crippen molar-refractivity contribution in [3.05, 3.63) is 70.0 Å². The van der Waals surface area contributed by atoms with E-state index in [-0.39, 0.29) is 0 Å². The third kappa shape index (κ3) is 4.55. The van der Waals surface area contributed by atoms with Crippen LogP contribution < -0.4 is 4.90 Å². The third-order valence-electron chi connectivity index (χ3n) is 6.60. The summed E-state index contributed by atoms with van der Waals surface area (Å²) in [6, 6.07) is 18.3. The minimum absolute atomic E-state index is 0.395. The number of hydrogen-bond acceptors (Lipinski definition) is 3. The van der Waals surface area contributed by atoms with Crippen LogP contribution in [0, 0.1) is 5.92 Å². The SMILES string of the molecule is C[C](C)[C@@H](O)N1CCC(c2ccccc2C2CCCN2c2ccc(Br)cc2)CC1. The van der Waals surface area contributed by atoms with Gasteiger partial charge in [-0.3, -0.25) is 4.90 Å². The van der Waals surface area contributed by atoms with Crippen LogP contribution in [0.25, 0.3) is 0 Å². The lowest BCUT2D eigenvalue weighted by atomic mass is 9.83. The molecule has 0 aliphatic carbocycles. The van der Waals surface area contributed by atoms with Gasteiger partial charge in [0.2, 0.25) is 0 Å². The van der Waals surface area contributed by atoms with Crippen molar-refractivity contribution in [1.29, 1.82) is 0 Å². The molecule has 0 spiro atoms. The van der Waals surface area contributed by atoms with Gasteiger partial charge in [0.05, 0.1) is 6.04 Å². The first kappa shape index (κ1) is 20.9. The van der Waals surface area contributed by atoms with Crippen LogP contribution in [0.4, 0.5) is 5.69 Å². The summed E-state index contributed by atoms with van der Waals surface area (Å²) in [5.74, 6) is 1.67. The molecule has 1 radical (unpaired) electrons. The number of aliphatic hydroxyl groups excluding tert-OH is 1. The average molecular weight is 456 g/mol. The molecule has 2 heterocycles. The molecule has 2 aliphatic heterocycles. The van der Waals surface area contributed by atoms with Gasteiger partial charge in [0.25, 0.3) is 0 Å². The van der Waals surface area contributed by atoms with Crippen molar-refractivity contribution in [2.45, 2.75) is 57.7 Å². The Bertz CT molecular complexity index is 799. The Balaban J connectivity index is 1.53. The van der Waals surface area contributed by atoms with E-state index in [1.54, 1.807) is 0 Å². The summed E-state index contributed by atoms with van der Waals surface area (Å²) in [5, 5.41) is 10.4. The van der Waals surface area contributed by atoms with Crippen LogP contribution in [-0.2, 0) is 0 Å². The smallest absolute Gasteiger partial charge is 0.113 e. The van der Waals surface area contributed by atoms with Gasteiger partial charge < -0.3 is 10.0 Å². The number of anilines is 1. The molecule has 3 nitrogen and oxygen atoms in total. The second kappa shape index (κ2) is 9.20. The standard InChI is InChI=1S/C25H32BrN2O/c1-18(2)25(29)27-16-13-19(14-17-27)22-6-3-4-7-23(22)24-8-5-15-28(24)21-11-9-20(26)10-12-21/h3-4,6-7,9-12,19,24-25,29H,5,8,13-17H2,1-2H3/t24?,25-/m1/s1. The van der Waals surface area contributed by atoms with Gasteiger partial charge in [0.15, 0.2) is 0 Å². The summed E-state index contributed by atoms with van der Waals surface area (Å²) in [6.45, 7) is 7.08. The molecule has 2 saturated heterocycles. The fourth-order valence-corrected chi connectivity index (χ4v) is 5.30. The van der Waals surface area contributed by atoms with E-state index >= 15 is 0 Å². The van der Waals surface area contributed by atoms with Gasteiger partial charge in [-0.25, -0.2) is 0 Å². The number of piperidine rings is 1. The first-order valence-electron chi connectivity index (χ1n) is 10.9. The molecule has 0 aromatic heterocycles. The average Bonchev–Trinajstić information content (AvgIpc) is 3.23. The second-order valence-electron chi connectivity index (χ2n) is 8.72. The molecule has 0 bridgehead atoms. The Morgan fingerprint density at radius 3 is 2.24 bits per heavy atom. The van der Waals surface area contributed by atoms with Crippen LogP contribution in [0.15, 0.2) is 53.0 Å². The summed E-state index contributed by atoms with van der Waals surface area (Å²) in [4.78, 5) is 4.80. The maximum atomic E-state index is 10.4. The number of benzene rings is 2. The Hall–Kier alpha value is -1.36. The van der Waals surface area contributed by atoms with Gasteiger partial charge in [-0.2, -0.15) is 0 Å². The molecule has 29 heavy (non-hydrogen) atoms. The van der Waals surface area contributed by atoms with Gasteiger partial charge in [-0.1, -0.05) is 54.0 Å². The number of halogens is 1. The van der Waals surface area contributed by atoms with Crippen molar-refractivity contribution in [3.63, 3.8) is 0 Å². The van der Waals surface area contributed by atoms with Crippen molar-refractivity contribution in [2.75, 3.05) is 24.5 Å². The van der Waals surface area contributed by atoms with Gasteiger partial charge in [-0.05, 0) is 67.0 Å². The predicted molar refractivity (Wildman–Crippen MR) is 124 cm³/mol. The monoisotopic (exact) mass is 455 g/mol. The van der Waals surface area contributed by atoms with Crippen LogP contribution in [0.3, 0.4) is 0 Å². The minimum atomic E-state index is -0.395. The van der Waals surface area contributed by atoms with Gasteiger partial charge >= 0.3 is 0 Å². The van der Waals surface area contributed by atoms with Crippen LogP contribution in [0.5, 0.6) is 0 Å². The molecule has 1 N–H and O–H groups in total. The molecule has 2 aliphatic rings. The Morgan fingerprint density at radius 1 is 0.931 bits per heavy atom. The highest BCUT2D eigenvalue weighted by Crippen LogP contribution is 2.41. The number of aliphatic hydroxyl groups is 1. The number of rotatable bonds is 5. The van der Waals surface area contributed by atoms with E-state index < -0.39 is 6.23 Å². The minimum Gasteiger partial charge on any atom is -0.378 e. The quantitative estimate of drug-likeness (QED) is 0.607. The second-order valence-corrected chi connectivity index (χ2v) is 9.63. The maximum absolute atomic E-state index is 10.4. The molecule has 2 aromatic carbocycles. The fraction of sp³-hybridized carbons (Fsp3) is 0.480. The van der Waals surface area contributed by atoms with E-state index in [4.69, 9.17) is 0 Å². The van der Waals surface area contributed by atoms with E-state index in [2.05, 4.69) is 74.3 Å². The highest BCUT2D eigenvalue weighted by molar-refractivity contribution is 9.10. The van der Waals surface area contributed by atoms with E-state index in [1.807, 2.05) is 13.8 Å². The fourth-order valence-electron chi connectivity index (χ4n) is 5.04. The highest BCUT2D eigenvalue weighted by Gasteiger charge is 2.32. The van der Waals surface area contributed by atoms with Gasteiger partial charge in [-0.15, -0.1) is 0 Å². The number of hydrogen-bond donors (Lipinski definition) is 1. The summed E-state index contributed by atoms with van der Waals surface area (Å²) in [7, 11) is 0. The Morgan fingerprint density at radius 2 is 1.59 bits per heavy atom. The molecule has 2 fully saturated rings. The summed E-state index contributed by atoms with van der Waals surface area (Å²) >= 11 is 3.56. The first-order valence-corrected chi connectivity index (χ1v) is 11.7. The topological polar surface area (TPSA) is 26.7 Å². The van der Waals surface area contributed by atoms with E-state index in [0.717, 1.165) is 42.9 Å². The molecular formula is C25H32BrN2O. The van der Waals surface area contributed by atoms with Crippen LogP contribution in [0.1, 0.15) is 62.6 Å². The van der Waals surface area contributed by atoms with Crippen molar-refractivity contribution in [1.82, 2.24) is 4.90 Å². The molecule has 4 rings (SSSR count). The largest absolute Gasteiger partial charge is 0.378 e. The Kier molecular flexibility index (Phi) is 6.63. The molecule has 0 amide bonds. The molecule has 2 aromatic rings. The lowest BCUT2D eigenvalue weighted by molar-refractivity contribution is 0.000851. The van der Waals surface area contributed by atoms with Gasteiger partial charge in [0, 0.05) is 35.7 Å². The van der Waals surface area contributed by atoms with Crippen molar-refractivity contribution in [3.8, 4) is 0 Å². The molecule has 155 valence electrons. The molecule has 1 unspecified atom stereocenters. The highest BCUT2D eigenvalue weighted by atomic mass is 79.9. The van der Waals surface area contributed by atoms with Crippen molar-refractivity contribution >= 4 is 21.6 Å². The lowest BCUT2D eigenvalue weighted by Crippen LogP contribution is -2.43. The Labute approximate surface area is 183 Å². The summed E-state index contributed by atoms with van der Waals surface area (Å²) in [5.41, 5.74) is 4.34. The molecule has 4 heteroatoms. The normalized spacial score (nSPS) is 22.4. The van der Waals surface area contributed by atoms with Crippen LogP contribution >= 0.6 is 15.9 Å². The molecular weight excluding hydrogens is 424 g/mol. The van der Waals surface area contributed by atoms with E-state index in [9.17, 15) is 5.11 Å². The number of likely N-dealkylation sites (tertiary alicyclic amines) is 1. The third-order valence-corrected chi connectivity index (χ3v) is 7.13. The summed E-state index contributed by atoms with van der Waals surface area (Å²) in [6.07, 6.45) is 4.30. The molecule has 2 atom stereocenters. The van der Waals surface area contributed by atoms with E-state index in [0.29, 0.717) is 12.0 Å². The first-order chi connectivity index (χ1) is 14.0. The predicted octanol–water partition coefficient (Wildman–Crippen LogP) is 5.90. The summed E-state index contributed by atoms with van der Waals surface area (Å²) < 4.78 is 1.13. The zero-order valence-corrected chi connectivity index (χ0v) is 19.1. The zero-order chi connectivity index (χ0) is 20.4. The lowest BCUT2D eigenvalue weighted by Gasteiger charge is -2.38. The number of nitrogens with zero attached hydrogens (tertiary/aromatic N) is 2. The van der Waals surface area contributed by atoms with E-state index in [1.165, 1.54) is 29.7 Å². The van der Waals surface area contributed by atoms with Crippen LogP contribution in [0.2, 0.25) is 0 Å². The zero-order valence-electron chi connectivity index (χ0n) is 17.5. The van der Waals surface area contributed by atoms with Gasteiger partial charge in [0.1, 0.15) is 6.23 Å². The molecule has 0 saturated carbocycles. The van der Waals surface area contributed by atoms with Crippen molar-refractivity contribution < 1.29 is 5.11 Å².